The SMILES string of the molecule is COc1nc(C)cc(C)c1CNC(=O)NC1C2Cc3cc(F)ccc3C21. The molecule has 2 N–H and O–H groups in total. The predicted molar refractivity (Wildman–Crippen MR) is 95.8 cm³/mol. The molecule has 1 saturated carbocycles. The molecule has 1 fully saturated rings. The summed E-state index contributed by atoms with van der Waals surface area (Å²) < 4.78 is 18.6. The van der Waals surface area contributed by atoms with Gasteiger partial charge < -0.3 is 15.4 Å². The topological polar surface area (TPSA) is 63.2 Å². The Balaban J connectivity index is 1.36. The number of aromatic nitrogens is 1. The van der Waals surface area contributed by atoms with Gasteiger partial charge in [0.25, 0.3) is 0 Å². The molecule has 136 valence electrons. The van der Waals surface area contributed by atoms with Gasteiger partial charge in [-0.2, -0.15) is 0 Å². The lowest BCUT2D eigenvalue weighted by molar-refractivity contribution is 0.239. The first-order chi connectivity index (χ1) is 12.5. The van der Waals surface area contributed by atoms with E-state index in [-0.39, 0.29) is 17.9 Å². The van der Waals surface area contributed by atoms with E-state index in [1.54, 1.807) is 13.2 Å². The molecule has 3 atom stereocenters. The van der Waals surface area contributed by atoms with Crippen molar-refractivity contribution in [2.75, 3.05) is 7.11 Å². The Hall–Kier alpha value is -2.63. The van der Waals surface area contributed by atoms with Crippen LogP contribution in [0.3, 0.4) is 0 Å². The van der Waals surface area contributed by atoms with Crippen LogP contribution in [-0.2, 0) is 13.0 Å². The molecule has 5 nitrogen and oxygen atoms in total. The molecule has 1 aromatic carbocycles. The third kappa shape index (κ3) is 2.89. The van der Waals surface area contributed by atoms with Crippen LogP contribution in [-0.4, -0.2) is 24.2 Å². The summed E-state index contributed by atoms with van der Waals surface area (Å²) in [5.41, 5.74) is 5.04. The molecule has 26 heavy (non-hydrogen) atoms. The van der Waals surface area contributed by atoms with E-state index in [9.17, 15) is 9.18 Å². The molecule has 2 aliphatic carbocycles. The molecule has 1 heterocycles. The highest BCUT2D eigenvalue weighted by molar-refractivity contribution is 5.75. The van der Waals surface area contributed by atoms with Crippen LogP contribution >= 0.6 is 0 Å². The van der Waals surface area contributed by atoms with Crippen molar-refractivity contribution in [2.24, 2.45) is 5.92 Å². The largest absolute Gasteiger partial charge is 0.481 e. The predicted octanol–water partition coefficient (Wildman–Crippen LogP) is 2.98. The van der Waals surface area contributed by atoms with Gasteiger partial charge in [-0.1, -0.05) is 6.07 Å². The number of aryl methyl sites for hydroxylation is 2. The third-order valence-corrected chi connectivity index (χ3v) is 5.44. The van der Waals surface area contributed by atoms with Crippen molar-refractivity contribution in [3.05, 3.63) is 58.0 Å². The molecule has 0 radical (unpaired) electrons. The van der Waals surface area contributed by atoms with Gasteiger partial charge in [-0.3, -0.25) is 0 Å². The molecule has 1 aromatic heterocycles. The quantitative estimate of drug-likeness (QED) is 0.886. The molecular formula is C20H22FN3O2. The number of amides is 2. The van der Waals surface area contributed by atoms with Crippen molar-refractivity contribution in [3.8, 4) is 5.88 Å². The average Bonchev–Trinajstić information content (AvgIpc) is 3.10. The van der Waals surface area contributed by atoms with Crippen LogP contribution in [0.1, 0.15) is 33.9 Å². The second-order valence-electron chi connectivity index (χ2n) is 7.16. The van der Waals surface area contributed by atoms with Gasteiger partial charge in [0.15, 0.2) is 0 Å². The number of fused-ring (bicyclic) bond motifs is 3. The number of nitrogens with zero attached hydrogens (tertiary/aromatic N) is 1. The molecule has 2 amide bonds. The highest BCUT2D eigenvalue weighted by Crippen LogP contribution is 2.56. The van der Waals surface area contributed by atoms with Gasteiger partial charge in [-0.25, -0.2) is 14.2 Å². The number of rotatable bonds is 4. The highest BCUT2D eigenvalue weighted by Gasteiger charge is 2.56. The molecule has 2 aromatic rings. The smallest absolute Gasteiger partial charge is 0.315 e. The number of ether oxygens (including phenoxy) is 1. The molecule has 0 saturated heterocycles. The summed E-state index contributed by atoms with van der Waals surface area (Å²) in [6.07, 6.45) is 0.831. The Morgan fingerprint density at radius 3 is 2.92 bits per heavy atom. The van der Waals surface area contributed by atoms with E-state index in [1.165, 1.54) is 11.6 Å². The zero-order chi connectivity index (χ0) is 18.4. The minimum absolute atomic E-state index is 0.132. The second kappa shape index (κ2) is 6.27. The van der Waals surface area contributed by atoms with Gasteiger partial charge in [0.1, 0.15) is 5.82 Å². The minimum Gasteiger partial charge on any atom is -0.481 e. The standard InChI is InChI=1S/C20H22FN3O2/c1-10-6-11(2)23-19(26-3)16(10)9-22-20(25)24-18-15-8-12-7-13(21)4-5-14(12)17(15)18/h4-7,15,17-18H,8-9H2,1-3H3,(H2,22,24,25). The summed E-state index contributed by atoms with van der Waals surface area (Å²) >= 11 is 0. The number of hydrogen-bond acceptors (Lipinski definition) is 3. The van der Waals surface area contributed by atoms with E-state index >= 15 is 0 Å². The van der Waals surface area contributed by atoms with Crippen molar-refractivity contribution in [2.45, 2.75) is 38.8 Å². The first-order valence-electron chi connectivity index (χ1n) is 8.81. The zero-order valence-electron chi connectivity index (χ0n) is 15.1. The van der Waals surface area contributed by atoms with Gasteiger partial charge in [-0.05, 0) is 61.1 Å². The summed E-state index contributed by atoms with van der Waals surface area (Å²) in [4.78, 5) is 16.7. The van der Waals surface area contributed by atoms with Crippen LogP contribution in [0.2, 0.25) is 0 Å². The number of carbonyl (C=O) groups excluding carboxylic acids is 1. The molecule has 6 heteroatoms. The van der Waals surface area contributed by atoms with Crippen molar-refractivity contribution >= 4 is 6.03 Å². The van der Waals surface area contributed by atoms with Crippen LogP contribution in [0.15, 0.2) is 24.3 Å². The van der Waals surface area contributed by atoms with Gasteiger partial charge in [0.05, 0.1) is 13.7 Å². The van der Waals surface area contributed by atoms with E-state index < -0.39 is 0 Å². The van der Waals surface area contributed by atoms with E-state index in [0.29, 0.717) is 24.3 Å². The maximum Gasteiger partial charge on any atom is 0.315 e. The Morgan fingerprint density at radius 2 is 2.15 bits per heavy atom. The molecule has 3 unspecified atom stereocenters. The zero-order valence-corrected chi connectivity index (χ0v) is 15.1. The summed E-state index contributed by atoms with van der Waals surface area (Å²) in [6.45, 7) is 4.25. The number of benzene rings is 1. The first kappa shape index (κ1) is 16.8. The monoisotopic (exact) mass is 355 g/mol. The van der Waals surface area contributed by atoms with E-state index in [4.69, 9.17) is 4.74 Å². The lowest BCUT2D eigenvalue weighted by atomic mass is 10.0. The van der Waals surface area contributed by atoms with Gasteiger partial charge >= 0.3 is 6.03 Å². The molecule has 0 spiro atoms. The Morgan fingerprint density at radius 1 is 1.35 bits per heavy atom. The van der Waals surface area contributed by atoms with E-state index in [1.807, 2.05) is 26.0 Å². The van der Waals surface area contributed by atoms with Crippen LogP contribution in [0, 0.1) is 25.6 Å². The fourth-order valence-corrected chi connectivity index (χ4v) is 4.16. The van der Waals surface area contributed by atoms with Gasteiger partial charge in [0.2, 0.25) is 5.88 Å². The minimum atomic E-state index is -0.199. The van der Waals surface area contributed by atoms with Crippen LogP contribution < -0.4 is 15.4 Å². The number of halogens is 1. The molecule has 2 aliphatic rings. The molecule has 0 bridgehead atoms. The van der Waals surface area contributed by atoms with Crippen molar-refractivity contribution in [3.63, 3.8) is 0 Å². The fourth-order valence-electron chi connectivity index (χ4n) is 4.16. The Bertz CT molecular complexity index is 884. The Kier molecular flexibility index (Phi) is 4.05. The van der Waals surface area contributed by atoms with Crippen LogP contribution in [0.5, 0.6) is 5.88 Å². The lowest BCUT2D eigenvalue weighted by Crippen LogP contribution is -2.38. The lowest BCUT2D eigenvalue weighted by Gasteiger charge is -2.14. The average molecular weight is 355 g/mol. The number of hydrogen-bond donors (Lipinski definition) is 2. The Labute approximate surface area is 152 Å². The first-order valence-corrected chi connectivity index (χ1v) is 8.81. The molecular weight excluding hydrogens is 333 g/mol. The molecule has 0 aliphatic heterocycles. The second-order valence-corrected chi connectivity index (χ2v) is 7.16. The van der Waals surface area contributed by atoms with Crippen molar-refractivity contribution in [1.82, 2.24) is 15.6 Å². The fraction of sp³-hybridized carbons (Fsp3) is 0.400. The number of methoxy groups -OCH3 is 1. The van der Waals surface area contributed by atoms with Crippen molar-refractivity contribution in [1.29, 1.82) is 0 Å². The number of urea groups is 1. The van der Waals surface area contributed by atoms with Crippen LogP contribution in [0.25, 0.3) is 0 Å². The summed E-state index contributed by atoms with van der Waals surface area (Å²) in [5, 5.41) is 5.94. The van der Waals surface area contributed by atoms with Crippen LogP contribution in [0.4, 0.5) is 9.18 Å². The summed E-state index contributed by atoms with van der Waals surface area (Å²) in [7, 11) is 1.58. The normalized spacial score (nSPS) is 22.4. The number of nitrogens with one attached hydrogen (secondary N) is 2. The summed E-state index contributed by atoms with van der Waals surface area (Å²) in [5.74, 6) is 1.05. The third-order valence-electron chi connectivity index (χ3n) is 5.44. The van der Waals surface area contributed by atoms with E-state index in [2.05, 4.69) is 15.6 Å². The maximum absolute atomic E-state index is 13.3. The maximum atomic E-state index is 13.3. The summed E-state index contributed by atoms with van der Waals surface area (Å²) in [6, 6.07) is 6.86. The molecule has 4 rings (SSSR count). The highest BCUT2D eigenvalue weighted by atomic mass is 19.1. The van der Waals surface area contributed by atoms with Gasteiger partial charge in [0, 0.05) is 23.2 Å². The van der Waals surface area contributed by atoms with Crippen molar-refractivity contribution < 1.29 is 13.9 Å². The number of pyridine rings is 1. The van der Waals surface area contributed by atoms with E-state index in [0.717, 1.165) is 28.8 Å². The van der Waals surface area contributed by atoms with Gasteiger partial charge in [-0.15, -0.1) is 0 Å². The number of carbonyl (C=O) groups is 1.